The van der Waals surface area contributed by atoms with Crippen molar-refractivity contribution in [2.75, 3.05) is 0 Å². The molecule has 0 aliphatic rings. The van der Waals surface area contributed by atoms with Crippen LogP contribution >= 0.6 is 11.6 Å². The maximum absolute atomic E-state index is 13.4. The minimum atomic E-state index is -1.22. The second-order valence-electron chi connectivity index (χ2n) is 4.49. The van der Waals surface area contributed by atoms with E-state index in [2.05, 4.69) is 10.3 Å². The summed E-state index contributed by atoms with van der Waals surface area (Å²) >= 11 is 5.96. The molecule has 0 radical (unpaired) electrons. The van der Waals surface area contributed by atoms with Crippen molar-refractivity contribution >= 4 is 17.6 Å². The molecule has 22 heavy (non-hydrogen) atoms. The van der Waals surface area contributed by atoms with Crippen LogP contribution in [0, 0.1) is 5.82 Å². The van der Waals surface area contributed by atoms with E-state index in [0.29, 0.717) is 16.3 Å². The van der Waals surface area contributed by atoms with Crippen molar-refractivity contribution < 1.29 is 14.3 Å². The fraction of sp³-hybridized carbons (Fsp3) is 0. The third-order valence-corrected chi connectivity index (χ3v) is 3.26. The summed E-state index contributed by atoms with van der Waals surface area (Å²) in [5.74, 6) is -1.68. The largest absolute Gasteiger partial charge is 0.476 e. The number of halogens is 2. The molecule has 0 aliphatic carbocycles. The summed E-state index contributed by atoms with van der Waals surface area (Å²) in [6, 6.07) is 12.3. The monoisotopic (exact) mass is 317 g/mol. The first-order valence-electron chi connectivity index (χ1n) is 6.27. The Bertz CT molecular complexity index is 863. The summed E-state index contributed by atoms with van der Waals surface area (Å²) in [4.78, 5) is 11.4. The minimum absolute atomic E-state index is 0.230. The van der Waals surface area contributed by atoms with E-state index in [1.807, 2.05) is 0 Å². The normalized spacial score (nSPS) is 10.6. The zero-order chi connectivity index (χ0) is 15.7. The Balaban J connectivity index is 2.26. The summed E-state index contributed by atoms with van der Waals surface area (Å²) in [6.45, 7) is 0. The molecule has 1 N–H and O–H groups in total. The fourth-order valence-electron chi connectivity index (χ4n) is 2.11. The van der Waals surface area contributed by atoms with Gasteiger partial charge in [-0.2, -0.15) is 0 Å². The molecule has 1 aromatic heterocycles. The molecule has 0 fully saturated rings. The predicted molar refractivity (Wildman–Crippen MR) is 78.7 cm³/mol. The maximum atomic E-state index is 13.4. The zero-order valence-electron chi connectivity index (χ0n) is 11.1. The Morgan fingerprint density at radius 2 is 1.95 bits per heavy atom. The number of carbonyl (C=O) groups is 1. The van der Waals surface area contributed by atoms with E-state index in [-0.39, 0.29) is 11.4 Å². The highest BCUT2D eigenvalue weighted by molar-refractivity contribution is 6.30. The first kappa shape index (κ1) is 14.2. The highest BCUT2D eigenvalue weighted by Crippen LogP contribution is 2.27. The number of carboxylic acid groups (broad SMARTS) is 1. The van der Waals surface area contributed by atoms with E-state index in [4.69, 9.17) is 11.6 Å². The molecule has 1 heterocycles. The lowest BCUT2D eigenvalue weighted by Crippen LogP contribution is -2.03. The maximum Gasteiger partial charge on any atom is 0.358 e. The quantitative estimate of drug-likeness (QED) is 0.803. The van der Waals surface area contributed by atoms with Crippen LogP contribution in [0.1, 0.15) is 10.5 Å². The summed E-state index contributed by atoms with van der Waals surface area (Å²) in [6.07, 6.45) is 0. The number of nitrogens with zero attached hydrogens (tertiary/aromatic N) is 3. The summed E-state index contributed by atoms with van der Waals surface area (Å²) in [5.41, 5.74) is 0.904. The molecule has 0 atom stereocenters. The summed E-state index contributed by atoms with van der Waals surface area (Å²) < 4.78 is 14.7. The molecule has 0 bridgehead atoms. The summed E-state index contributed by atoms with van der Waals surface area (Å²) in [5, 5.41) is 17.2. The van der Waals surface area contributed by atoms with Gasteiger partial charge in [0.2, 0.25) is 0 Å². The van der Waals surface area contributed by atoms with Crippen LogP contribution in [0.5, 0.6) is 0 Å². The Morgan fingerprint density at radius 1 is 1.18 bits per heavy atom. The highest BCUT2D eigenvalue weighted by Gasteiger charge is 2.21. The van der Waals surface area contributed by atoms with Gasteiger partial charge in [-0.3, -0.25) is 0 Å². The van der Waals surface area contributed by atoms with E-state index < -0.39 is 11.8 Å². The molecule has 3 rings (SSSR count). The van der Waals surface area contributed by atoms with Crippen LogP contribution < -0.4 is 0 Å². The third-order valence-electron chi connectivity index (χ3n) is 3.02. The van der Waals surface area contributed by atoms with Crippen LogP contribution in [-0.2, 0) is 0 Å². The van der Waals surface area contributed by atoms with Gasteiger partial charge in [0, 0.05) is 10.6 Å². The van der Waals surface area contributed by atoms with Crippen molar-refractivity contribution in [3.63, 3.8) is 0 Å². The van der Waals surface area contributed by atoms with Crippen LogP contribution in [0.3, 0.4) is 0 Å². The number of aromatic nitrogens is 3. The van der Waals surface area contributed by atoms with Gasteiger partial charge in [-0.05, 0) is 30.3 Å². The average Bonchev–Trinajstić information content (AvgIpc) is 2.92. The molecule has 2 aromatic carbocycles. The Hall–Kier alpha value is -2.73. The molecule has 0 saturated carbocycles. The van der Waals surface area contributed by atoms with Gasteiger partial charge in [0.15, 0.2) is 5.69 Å². The fourth-order valence-corrected chi connectivity index (χ4v) is 2.30. The van der Waals surface area contributed by atoms with Crippen LogP contribution in [-0.4, -0.2) is 26.1 Å². The van der Waals surface area contributed by atoms with E-state index in [9.17, 15) is 14.3 Å². The van der Waals surface area contributed by atoms with Gasteiger partial charge in [-0.1, -0.05) is 35.0 Å². The lowest BCUT2D eigenvalue weighted by molar-refractivity contribution is 0.0691. The molecule has 7 heteroatoms. The Kier molecular flexibility index (Phi) is 3.60. The number of hydrogen-bond acceptors (Lipinski definition) is 3. The second-order valence-corrected chi connectivity index (χ2v) is 4.93. The van der Waals surface area contributed by atoms with Gasteiger partial charge >= 0.3 is 5.97 Å². The van der Waals surface area contributed by atoms with Crippen molar-refractivity contribution in [3.8, 4) is 16.9 Å². The van der Waals surface area contributed by atoms with Gasteiger partial charge < -0.3 is 5.11 Å². The highest BCUT2D eigenvalue weighted by atomic mass is 35.5. The van der Waals surface area contributed by atoms with Gasteiger partial charge in [0.25, 0.3) is 0 Å². The number of rotatable bonds is 3. The van der Waals surface area contributed by atoms with Crippen molar-refractivity contribution in [1.29, 1.82) is 0 Å². The van der Waals surface area contributed by atoms with Crippen molar-refractivity contribution in [3.05, 3.63) is 65.1 Å². The second kappa shape index (κ2) is 5.57. The summed E-state index contributed by atoms with van der Waals surface area (Å²) in [7, 11) is 0. The minimum Gasteiger partial charge on any atom is -0.476 e. The molecular formula is C15H9ClFN3O2. The smallest absolute Gasteiger partial charge is 0.358 e. The van der Waals surface area contributed by atoms with Crippen LogP contribution in [0.2, 0.25) is 5.02 Å². The van der Waals surface area contributed by atoms with E-state index in [1.54, 1.807) is 30.3 Å². The van der Waals surface area contributed by atoms with Gasteiger partial charge in [0.1, 0.15) is 11.5 Å². The van der Waals surface area contributed by atoms with E-state index >= 15 is 0 Å². The van der Waals surface area contributed by atoms with Crippen LogP contribution in [0.4, 0.5) is 4.39 Å². The number of benzene rings is 2. The molecule has 3 aromatic rings. The topological polar surface area (TPSA) is 68.0 Å². The lowest BCUT2D eigenvalue weighted by atomic mass is 10.1. The van der Waals surface area contributed by atoms with Gasteiger partial charge in [-0.15, -0.1) is 5.10 Å². The van der Waals surface area contributed by atoms with E-state index in [0.717, 1.165) is 0 Å². The molecule has 0 amide bonds. The molecule has 110 valence electrons. The lowest BCUT2D eigenvalue weighted by Gasteiger charge is -2.07. The molecule has 0 spiro atoms. The van der Waals surface area contributed by atoms with Gasteiger partial charge in [0.05, 0.1) is 5.69 Å². The van der Waals surface area contributed by atoms with Crippen molar-refractivity contribution in [2.24, 2.45) is 0 Å². The predicted octanol–water partition coefficient (Wildman–Crippen LogP) is 3.43. The van der Waals surface area contributed by atoms with Crippen molar-refractivity contribution in [1.82, 2.24) is 15.0 Å². The van der Waals surface area contributed by atoms with Crippen LogP contribution in [0.15, 0.2) is 48.5 Å². The third kappa shape index (κ3) is 2.56. The molecule has 0 aliphatic heterocycles. The molecular weight excluding hydrogens is 309 g/mol. The van der Waals surface area contributed by atoms with Gasteiger partial charge in [-0.25, -0.2) is 13.9 Å². The molecule has 5 nitrogen and oxygen atoms in total. The molecule has 0 unspecified atom stereocenters. The first-order valence-corrected chi connectivity index (χ1v) is 6.65. The SMILES string of the molecule is O=C(O)c1nnn(-c2cccc(F)c2)c1-c1cccc(Cl)c1. The zero-order valence-corrected chi connectivity index (χ0v) is 11.8. The van der Waals surface area contributed by atoms with E-state index in [1.165, 1.54) is 22.9 Å². The Labute approximate surface area is 129 Å². The number of aromatic carboxylic acids is 1. The Morgan fingerprint density at radius 3 is 2.64 bits per heavy atom. The molecule has 0 saturated heterocycles. The standard InChI is InChI=1S/C15H9ClFN3O2/c16-10-4-1-3-9(7-10)14-13(15(21)22)18-19-20(14)12-6-2-5-11(17)8-12/h1-8H,(H,21,22). The van der Waals surface area contributed by atoms with Crippen molar-refractivity contribution in [2.45, 2.75) is 0 Å². The number of hydrogen-bond donors (Lipinski definition) is 1. The number of carboxylic acids is 1. The van der Waals surface area contributed by atoms with Crippen LogP contribution in [0.25, 0.3) is 16.9 Å². The average molecular weight is 318 g/mol. The first-order chi connectivity index (χ1) is 10.6.